The zero-order valence-electron chi connectivity index (χ0n) is 14.4. The van der Waals surface area contributed by atoms with E-state index >= 15 is 0 Å². The summed E-state index contributed by atoms with van der Waals surface area (Å²) in [6.07, 6.45) is 2.66. The quantitative estimate of drug-likeness (QED) is 0.874. The smallest absolute Gasteiger partial charge is 0.315 e. The third-order valence-electron chi connectivity index (χ3n) is 4.74. The number of anilines is 1. The van der Waals surface area contributed by atoms with E-state index in [0.717, 1.165) is 45.0 Å². The van der Waals surface area contributed by atoms with Gasteiger partial charge in [-0.25, -0.2) is 0 Å². The van der Waals surface area contributed by atoms with Crippen molar-refractivity contribution in [2.75, 3.05) is 44.8 Å². The number of furan rings is 1. The van der Waals surface area contributed by atoms with Gasteiger partial charge in [-0.2, -0.15) is 0 Å². The number of rotatable bonds is 5. The highest BCUT2D eigenvalue weighted by Crippen LogP contribution is 2.33. The molecule has 2 aliphatic rings. The maximum absolute atomic E-state index is 6.21. The van der Waals surface area contributed by atoms with Gasteiger partial charge in [0.1, 0.15) is 11.4 Å². The van der Waals surface area contributed by atoms with Gasteiger partial charge in [0, 0.05) is 32.5 Å². The van der Waals surface area contributed by atoms with Crippen molar-refractivity contribution in [3.8, 4) is 0 Å². The summed E-state index contributed by atoms with van der Waals surface area (Å²) < 4.78 is 22.9. The largest absolute Gasteiger partial charge is 0.468 e. The summed E-state index contributed by atoms with van der Waals surface area (Å²) in [7, 11) is 0. The van der Waals surface area contributed by atoms with Gasteiger partial charge in [0.05, 0.1) is 32.6 Å². The van der Waals surface area contributed by atoms with E-state index in [2.05, 4.69) is 20.4 Å². The first-order chi connectivity index (χ1) is 12.2. The predicted molar refractivity (Wildman–Crippen MR) is 89.1 cm³/mol. The molecule has 0 amide bonds. The third-order valence-corrected chi connectivity index (χ3v) is 4.74. The molecule has 4 rings (SSSR count). The van der Waals surface area contributed by atoms with Crippen LogP contribution in [-0.4, -0.2) is 60.2 Å². The Kier molecular flexibility index (Phi) is 4.74. The zero-order valence-corrected chi connectivity index (χ0v) is 14.4. The molecular formula is C17H24N4O4. The molecule has 136 valence electrons. The Labute approximate surface area is 146 Å². The minimum Gasteiger partial charge on any atom is -0.468 e. The molecule has 1 N–H and O–H groups in total. The van der Waals surface area contributed by atoms with E-state index in [1.165, 1.54) is 0 Å². The van der Waals surface area contributed by atoms with Gasteiger partial charge in [0.15, 0.2) is 0 Å². The Hall–Kier alpha value is -1.90. The predicted octanol–water partition coefficient (Wildman–Crippen LogP) is 1.69. The molecule has 0 bridgehead atoms. The lowest BCUT2D eigenvalue weighted by molar-refractivity contribution is -0.0565. The van der Waals surface area contributed by atoms with Crippen LogP contribution in [0.25, 0.3) is 0 Å². The summed E-state index contributed by atoms with van der Waals surface area (Å²) in [6, 6.07) is 4.40. The fourth-order valence-electron chi connectivity index (χ4n) is 3.62. The Bertz CT molecular complexity index is 674. The van der Waals surface area contributed by atoms with Crippen LogP contribution in [0.4, 0.5) is 6.01 Å². The molecule has 0 unspecified atom stereocenters. The maximum Gasteiger partial charge on any atom is 0.315 e. The van der Waals surface area contributed by atoms with Crippen molar-refractivity contribution < 1.29 is 18.3 Å². The SMILES string of the molecule is Cc1nnc(NC[C@H]2CO[C@]3(COCCN(Cc4ccco4)C3)C2)o1. The van der Waals surface area contributed by atoms with Crippen LogP contribution in [0.1, 0.15) is 18.1 Å². The van der Waals surface area contributed by atoms with Crippen molar-refractivity contribution in [1.29, 1.82) is 0 Å². The summed E-state index contributed by atoms with van der Waals surface area (Å²) in [4.78, 5) is 2.35. The van der Waals surface area contributed by atoms with Crippen molar-refractivity contribution in [2.24, 2.45) is 5.92 Å². The number of hydrogen-bond donors (Lipinski definition) is 1. The second kappa shape index (κ2) is 7.15. The molecule has 0 aliphatic carbocycles. The van der Waals surface area contributed by atoms with Crippen LogP contribution in [-0.2, 0) is 16.0 Å². The number of hydrogen-bond acceptors (Lipinski definition) is 8. The number of nitrogens with one attached hydrogen (secondary N) is 1. The van der Waals surface area contributed by atoms with E-state index in [1.807, 2.05) is 12.1 Å². The van der Waals surface area contributed by atoms with Gasteiger partial charge >= 0.3 is 6.01 Å². The van der Waals surface area contributed by atoms with Gasteiger partial charge < -0.3 is 23.6 Å². The van der Waals surface area contributed by atoms with E-state index in [0.29, 0.717) is 31.0 Å². The molecule has 25 heavy (non-hydrogen) atoms. The lowest BCUT2D eigenvalue weighted by atomic mass is 9.94. The molecule has 0 radical (unpaired) electrons. The highest BCUT2D eigenvalue weighted by molar-refractivity contribution is 5.17. The van der Waals surface area contributed by atoms with E-state index in [4.69, 9.17) is 18.3 Å². The molecule has 8 heteroatoms. The standard InChI is InChI=1S/C17H24N4O4/c1-13-19-20-16(25-13)18-8-14-7-17(24-10-14)11-21(4-6-22-12-17)9-15-3-2-5-23-15/h2-3,5,14H,4,6-12H2,1H3,(H,18,20)/t14-,17+/m0/s1. The van der Waals surface area contributed by atoms with Crippen molar-refractivity contribution in [2.45, 2.75) is 25.5 Å². The van der Waals surface area contributed by atoms with Crippen molar-refractivity contribution >= 4 is 6.01 Å². The van der Waals surface area contributed by atoms with Crippen molar-refractivity contribution in [1.82, 2.24) is 15.1 Å². The minimum atomic E-state index is -0.250. The van der Waals surface area contributed by atoms with Gasteiger partial charge in [-0.3, -0.25) is 4.90 Å². The molecule has 2 aromatic heterocycles. The van der Waals surface area contributed by atoms with Crippen LogP contribution in [0.3, 0.4) is 0 Å². The molecule has 2 saturated heterocycles. The monoisotopic (exact) mass is 348 g/mol. The molecule has 0 aromatic carbocycles. The fraction of sp³-hybridized carbons (Fsp3) is 0.647. The summed E-state index contributed by atoms with van der Waals surface area (Å²) in [5.41, 5.74) is -0.250. The summed E-state index contributed by atoms with van der Waals surface area (Å²) >= 11 is 0. The molecule has 0 saturated carbocycles. The molecule has 1 spiro atoms. The number of ether oxygens (including phenoxy) is 2. The average molecular weight is 348 g/mol. The van der Waals surface area contributed by atoms with Crippen LogP contribution in [0.15, 0.2) is 27.2 Å². The van der Waals surface area contributed by atoms with Crippen LogP contribution in [0, 0.1) is 12.8 Å². The van der Waals surface area contributed by atoms with E-state index in [1.54, 1.807) is 13.2 Å². The van der Waals surface area contributed by atoms with E-state index in [9.17, 15) is 0 Å². The minimum absolute atomic E-state index is 0.250. The number of aryl methyl sites for hydroxylation is 1. The average Bonchev–Trinajstić information content (AvgIpc) is 3.29. The molecule has 2 fully saturated rings. The first-order valence-electron chi connectivity index (χ1n) is 8.71. The first kappa shape index (κ1) is 16.6. The summed E-state index contributed by atoms with van der Waals surface area (Å²) in [5, 5.41) is 11.0. The maximum atomic E-state index is 6.21. The Balaban J connectivity index is 1.34. The van der Waals surface area contributed by atoms with Crippen LogP contribution in [0.2, 0.25) is 0 Å². The zero-order chi connectivity index (χ0) is 17.1. The Morgan fingerprint density at radius 2 is 2.36 bits per heavy atom. The second-order valence-corrected chi connectivity index (χ2v) is 6.91. The van der Waals surface area contributed by atoms with E-state index in [-0.39, 0.29) is 5.60 Å². The Morgan fingerprint density at radius 1 is 1.40 bits per heavy atom. The Morgan fingerprint density at radius 3 is 3.16 bits per heavy atom. The summed E-state index contributed by atoms with van der Waals surface area (Å²) in [5.74, 6) is 1.92. The third kappa shape index (κ3) is 4.02. The van der Waals surface area contributed by atoms with Crippen molar-refractivity contribution in [3.05, 3.63) is 30.0 Å². The van der Waals surface area contributed by atoms with Gasteiger partial charge in [-0.05, 0) is 18.6 Å². The molecule has 8 nitrogen and oxygen atoms in total. The topological polar surface area (TPSA) is 85.8 Å². The van der Waals surface area contributed by atoms with Gasteiger partial charge in [-0.15, -0.1) is 5.10 Å². The molecular weight excluding hydrogens is 324 g/mol. The van der Waals surface area contributed by atoms with Gasteiger partial charge in [0.2, 0.25) is 5.89 Å². The molecule has 4 heterocycles. The van der Waals surface area contributed by atoms with Crippen molar-refractivity contribution in [3.63, 3.8) is 0 Å². The highest BCUT2D eigenvalue weighted by atomic mass is 16.5. The second-order valence-electron chi connectivity index (χ2n) is 6.91. The van der Waals surface area contributed by atoms with Gasteiger partial charge in [0.25, 0.3) is 0 Å². The fourth-order valence-corrected chi connectivity index (χ4v) is 3.62. The summed E-state index contributed by atoms with van der Waals surface area (Å²) in [6.45, 7) is 7.11. The lowest BCUT2D eigenvalue weighted by Crippen LogP contribution is -2.43. The highest BCUT2D eigenvalue weighted by Gasteiger charge is 2.43. The normalized spacial score (nSPS) is 27.6. The van der Waals surface area contributed by atoms with Crippen LogP contribution < -0.4 is 5.32 Å². The molecule has 2 aliphatic heterocycles. The van der Waals surface area contributed by atoms with Gasteiger partial charge in [-0.1, -0.05) is 5.10 Å². The first-order valence-corrected chi connectivity index (χ1v) is 8.71. The van der Waals surface area contributed by atoms with E-state index < -0.39 is 0 Å². The molecule has 2 aromatic rings. The van der Waals surface area contributed by atoms with Crippen LogP contribution >= 0.6 is 0 Å². The number of nitrogens with zero attached hydrogens (tertiary/aromatic N) is 3. The van der Waals surface area contributed by atoms with Crippen LogP contribution in [0.5, 0.6) is 0 Å². The molecule has 2 atom stereocenters. The number of aromatic nitrogens is 2. The lowest BCUT2D eigenvalue weighted by Gasteiger charge is -2.30.